The van der Waals surface area contributed by atoms with E-state index in [1.54, 1.807) is 117 Å². The van der Waals surface area contributed by atoms with Crippen molar-refractivity contribution in [3.05, 3.63) is 259 Å². The molecule has 29 heteroatoms. The third-order valence-corrected chi connectivity index (χ3v) is 22.1. The Balaban J connectivity index is 0.000000195. The van der Waals surface area contributed by atoms with E-state index in [-0.39, 0.29) is 23.8 Å². The number of benzene rings is 9. The van der Waals surface area contributed by atoms with Gasteiger partial charge in [-0.3, -0.25) is 25.5 Å². The SMILES string of the molecule is CCN1CCN(c2cccc3c2CN(C(c2cccc(NC(=O)OC(C)(C)C)c2)c2ccc(OC)c(OC)c2)C3=O)CC1.CCN1CCNCC1.COC(=O)c1cccc(Cl)c1CBr.COc1ccc(C(N)c2cccc(NC(=O)OC(C)(C)C)c2)cc1OC.COc1ccc(C(c2cccc(NC(=O)OC(C)(C)C)c2)N2Cc3c(Cl)cccc3C2=O)cc1OC. The molecule has 4 aliphatic rings. The van der Waals surface area contributed by atoms with Crippen LogP contribution in [0.2, 0.25) is 10.0 Å². The summed E-state index contributed by atoms with van der Waals surface area (Å²) in [5.41, 5.74) is 16.9. The summed E-state index contributed by atoms with van der Waals surface area (Å²) in [5, 5.41) is 13.3. The lowest BCUT2D eigenvalue weighted by Gasteiger charge is -2.36. The molecule has 674 valence electrons. The Kier molecular flexibility index (Phi) is 35.7. The molecule has 0 spiro atoms. The van der Waals surface area contributed by atoms with Crippen LogP contribution in [-0.2, 0) is 37.4 Å². The van der Waals surface area contributed by atoms with Crippen LogP contribution in [0.1, 0.15) is 175 Å². The zero-order chi connectivity index (χ0) is 91.7. The quantitative estimate of drug-likeness (QED) is 0.0239. The number of nitrogens with zero attached hydrogens (tertiary/aromatic N) is 5. The summed E-state index contributed by atoms with van der Waals surface area (Å²) in [7, 11) is 10.9. The first-order valence-corrected chi connectivity index (χ1v) is 43.5. The molecule has 0 aliphatic carbocycles. The van der Waals surface area contributed by atoms with Crippen LogP contribution >= 0.6 is 39.1 Å². The van der Waals surface area contributed by atoms with Crippen molar-refractivity contribution in [2.24, 2.45) is 5.73 Å². The second-order valence-electron chi connectivity index (χ2n) is 32.8. The van der Waals surface area contributed by atoms with Crippen LogP contribution in [0.15, 0.2) is 182 Å². The minimum Gasteiger partial charge on any atom is -0.493 e. The average molecular weight is 1830 g/mol. The van der Waals surface area contributed by atoms with E-state index < -0.39 is 47.2 Å². The first-order valence-electron chi connectivity index (χ1n) is 41.6. The van der Waals surface area contributed by atoms with Crippen molar-refractivity contribution in [1.29, 1.82) is 0 Å². The highest BCUT2D eigenvalue weighted by molar-refractivity contribution is 9.08. The first kappa shape index (κ1) is 98.5. The van der Waals surface area contributed by atoms with Gasteiger partial charge < -0.3 is 82.9 Å². The van der Waals surface area contributed by atoms with Gasteiger partial charge in [-0.25, -0.2) is 19.2 Å². The normalized spacial score (nSPS) is 14.4. The zero-order valence-corrected chi connectivity index (χ0v) is 78.3. The van der Waals surface area contributed by atoms with Gasteiger partial charge in [0.2, 0.25) is 0 Å². The first-order chi connectivity index (χ1) is 60.1. The number of ether oxygens (including phenoxy) is 10. The summed E-state index contributed by atoms with van der Waals surface area (Å²) in [6.45, 7) is 32.5. The van der Waals surface area contributed by atoms with Crippen LogP contribution < -0.4 is 60.3 Å². The Morgan fingerprint density at radius 2 is 0.794 bits per heavy atom. The van der Waals surface area contributed by atoms with Gasteiger partial charge in [0, 0.05) is 126 Å². The van der Waals surface area contributed by atoms with Crippen molar-refractivity contribution in [3.63, 3.8) is 0 Å². The smallest absolute Gasteiger partial charge is 0.412 e. The number of amides is 5. The largest absolute Gasteiger partial charge is 0.493 e. The maximum atomic E-state index is 14.2. The van der Waals surface area contributed by atoms with Crippen LogP contribution in [-0.4, -0.2) is 188 Å². The fourth-order valence-corrected chi connectivity index (χ4v) is 16.0. The Morgan fingerprint density at radius 1 is 0.437 bits per heavy atom. The molecule has 13 rings (SSSR count). The number of piperazine rings is 2. The molecular formula is C97H119BrCl2N10O16. The number of alkyl halides is 1. The van der Waals surface area contributed by atoms with Crippen molar-refractivity contribution in [2.45, 2.75) is 130 Å². The van der Waals surface area contributed by atoms with E-state index in [1.807, 2.05) is 174 Å². The summed E-state index contributed by atoms with van der Waals surface area (Å²) >= 11 is 15.6. The minimum atomic E-state index is -0.628. The van der Waals surface area contributed by atoms with Crippen LogP contribution in [0.25, 0.3) is 0 Å². The number of anilines is 4. The third kappa shape index (κ3) is 26.9. The van der Waals surface area contributed by atoms with Crippen molar-refractivity contribution in [1.82, 2.24) is 24.9 Å². The summed E-state index contributed by atoms with van der Waals surface area (Å²) in [6, 6.07) is 54.3. The van der Waals surface area contributed by atoms with E-state index in [0.717, 1.165) is 94.0 Å². The molecule has 3 unspecified atom stereocenters. The van der Waals surface area contributed by atoms with E-state index in [1.165, 1.54) is 39.8 Å². The third-order valence-electron chi connectivity index (χ3n) is 20.8. The molecule has 4 aliphatic heterocycles. The number of fused-ring (bicyclic) bond motifs is 2. The molecule has 5 amide bonds. The molecule has 0 radical (unpaired) electrons. The Labute approximate surface area is 758 Å². The van der Waals surface area contributed by atoms with Gasteiger partial charge in [-0.2, -0.15) is 0 Å². The summed E-state index contributed by atoms with van der Waals surface area (Å²) in [5.74, 6) is 3.04. The van der Waals surface area contributed by atoms with Crippen molar-refractivity contribution >= 4 is 97.9 Å². The number of rotatable bonds is 22. The summed E-state index contributed by atoms with van der Waals surface area (Å²) in [4.78, 5) is 86.9. The molecule has 126 heavy (non-hydrogen) atoms. The molecule has 9 aromatic rings. The number of hydrogen-bond acceptors (Lipinski definition) is 21. The highest BCUT2D eigenvalue weighted by Gasteiger charge is 2.40. The second kappa shape index (κ2) is 45.7. The minimum absolute atomic E-state index is 0.0330. The van der Waals surface area contributed by atoms with Crippen LogP contribution in [0.3, 0.4) is 0 Å². The van der Waals surface area contributed by atoms with E-state index in [9.17, 15) is 28.8 Å². The van der Waals surface area contributed by atoms with Gasteiger partial charge in [0.05, 0.1) is 73.5 Å². The lowest BCUT2D eigenvalue weighted by molar-refractivity contribution is 0.0595. The number of hydrogen-bond donors (Lipinski definition) is 5. The van der Waals surface area contributed by atoms with Crippen molar-refractivity contribution < 1.29 is 76.1 Å². The number of methoxy groups -OCH3 is 7. The number of likely N-dealkylation sites (N-methyl/N-ethyl adjacent to an activating group) is 2. The van der Waals surface area contributed by atoms with Gasteiger partial charge in [0.1, 0.15) is 16.8 Å². The van der Waals surface area contributed by atoms with E-state index in [0.29, 0.717) is 91.2 Å². The standard InChI is InChI=1S/C34H42N4O5.C28H29ClN2O5.C20H26N2O4.C9H8BrClO2.C6H14N2/c1-7-36-16-18-37(19-17-36)28-13-9-12-26-27(28)22-38(32(26)39)31(24-14-15-29(41-5)30(21-24)42-6)23-10-8-11-25(20-23)35-33(40)43-34(2,3)4;1-28(2,3)36-27(33)30-19-9-6-8-17(14-19)25(18-12-13-23(34-4)24(15-18)35-5)31-16-21-20(26(31)32)10-7-11-22(21)29;1-20(2,3)26-19(23)22-15-8-6-7-13(11-15)18(21)14-9-10-16(24-4)17(12-14)25-5;1-13-9(12)6-3-2-4-8(11)7(6)5-10;1-2-8-5-3-7-4-6-8/h8-15,20-21,31H,7,16-19,22H2,1-6H3,(H,35,40);6-15,25H,16H2,1-5H3,(H,30,33);6-12,18H,21H2,1-5H3,(H,22,23);2-4H,5H2,1H3;7H,2-6H2,1H3. The molecule has 26 nitrogen and oxygen atoms in total. The predicted molar refractivity (Wildman–Crippen MR) is 500 cm³/mol. The molecular weight excluding hydrogens is 1710 g/mol. The number of nitrogens with one attached hydrogen (secondary N) is 4. The predicted octanol–water partition coefficient (Wildman–Crippen LogP) is 19.4. The highest BCUT2D eigenvalue weighted by Crippen LogP contribution is 2.45. The number of halogens is 3. The lowest BCUT2D eigenvalue weighted by Crippen LogP contribution is -2.46. The van der Waals surface area contributed by atoms with Crippen LogP contribution in [0.5, 0.6) is 34.5 Å². The fraction of sp³-hybridized carbons (Fsp3) is 0.381. The summed E-state index contributed by atoms with van der Waals surface area (Å²) in [6.07, 6.45) is -1.60. The van der Waals surface area contributed by atoms with Crippen molar-refractivity contribution in [2.75, 3.05) is 136 Å². The van der Waals surface area contributed by atoms with Gasteiger partial charge in [-0.05, 0) is 224 Å². The number of carbonyl (C=O) groups is 6. The van der Waals surface area contributed by atoms with Gasteiger partial charge in [0.25, 0.3) is 11.8 Å². The van der Waals surface area contributed by atoms with E-state index >= 15 is 0 Å². The molecule has 2 fully saturated rings. The molecule has 0 aromatic heterocycles. The number of esters is 1. The molecule has 0 bridgehead atoms. The monoisotopic (exact) mass is 1830 g/mol. The number of carbonyl (C=O) groups excluding carboxylic acids is 6. The maximum Gasteiger partial charge on any atom is 0.412 e. The molecule has 9 aromatic carbocycles. The molecule has 4 heterocycles. The maximum absolute atomic E-state index is 14.2. The van der Waals surface area contributed by atoms with Gasteiger partial charge in [-0.1, -0.05) is 126 Å². The average Bonchev–Trinajstić information content (AvgIpc) is 1.60. The van der Waals surface area contributed by atoms with Crippen molar-refractivity contribution in [3.8, 4) is 34.5 Å². The zero-order valence-electron chi connectivity index (χ0n) is 75.2. The second-order valence-corrected chi connectivity index (χ2v) is 34.2. The molecule has 3 atom stereocenters. The van der Waals surface area contributed by atoms with Crippen LogP contribution in [0, 0.1) is 0 Å². The molecule has 6 N–H and O–H groups in total. The van der Waals surface area contributed by atoms with E-state index in [2.05, 4.69) is 76.5 Å². The van der Waals surface area contributed by atoms with Crippen LogP contribution in [0.4, 0.5) is 37.1 Å². The Morgan fingerprint density at radius 3 is 1.20 bits per heavy atom. The summed E-state index contributed by atoms with van der Waals surface area (Å²) < 4.78 is 53.4. The molecule has 0 saturated carbocycles. The van der Waals surface area contributed by atoms with Gasteiger partial charge in [0.15, 0.2) is 34.5 Å². The Hall–Kier alpha value is -11.3. The Bertz CT molecular complexity index is 5220. The van der Waals surface area contributed by atoms with E-state index in [4.69, 9.17) is 71.6 Å². The fourth-order valence-electron chi connectivity index (χ4n) is 14.7. The number of nitrogens with two attached hydrogens (primary N) is 1. The lowest BCUT2D eigenvalue weighted by atomic mass is 9.96. The molecule has 2 saturated heterocycles. The highest BCUT2D eigenvalue weighted by atomic mass is 79.9. The topological polar surface area (TPSA) is 285 Å². The van der Waals surface area contributed by atoms with Gasteiger partial charge >= 0.3 is 24.2 Å². The van der Waals surface area contributed by atoms with Gasteiger partial charge in [-0.15, -0.1) is 0 Å².